The number of aryl methyl sites for hydroxylation is 1. The number of allylic oxidation sites excluding steroid dienone is 2. The normalized spacial score (nSPS) is 26.8. The van der Waals surface area contributed by atoms with Gasteiger partial charge in [0.25, 0.3) is 11.8 Å². The summed E-state index contributed by atoms with van der Waals surface area (Å²) < 4.78 is 6.95. The molecule has 2 saturated heterocycles. The minimum Gasteiger partial charge on any atom is -0.491 e. The second kappa shape index (κ2) is 12.9. The van der Waals surface area contributed by atoms with Crippen LogP contribution in [0.1, 0.15) is 35.4 Å². The predicted molar refractivity (Wildman–Crippen MR) is 194 cm³/mol. The topological polar surface area (TPSA) is 116 Å². The molecule has 6 atom stereocenters. The number of aliphatic hydroxyl groups excluding tert-OH is 1. The van der Waals surface area contributed by atoms with Gasteiger partial charge in [-0.3, -0.25) is 29.5 Å². The minimum absolute atomic E-state index is 0.0296. The van der Waals surface area contributed by atoms with Crippen LogP contribution in [0, 0.1) is 30.6 Å². The van der Waals surface area contributed by atoms with Crippen LogP contribution in [0.2, 0.25) is 0 Å². The van der Waals surface area contributed by atoms with Crippen LogP contribution >= 0.6 is 15.9 Å². The molecule has 2 aliphatic heterocycles. The van der Waals surface area contributed by atoms with Crippen LogP contribution < -0.4 is 15.1 Å². The molecule has 8 rings (SSSR count). The molecule has 4 aromatic rings. The van der Waals surface area contributed by atoms with Crippen molar-refractivity contribution in [3.05, 3.63) is 136 Å². The van der Waals surface area contributed by atoms with Gasteiger partial charge in [0.15, 0.2) is 0 Å². The van der Waals surface area contributed by atoms with E-state index in [4.69, 9.17) is 4.74 Å². The molecule has 258 valence electrons. The number of hydrogen-bond donors (Lipinski definition) is 2. The summed E-state index contributed by atoms with van der Waals surface area (Å²) >= 11 is 3.44. The maximum absolute atomic E-state index is 15.3. The largest absolute Gasteiger partial charge is 0.491 e. The summed E-state index contributed by atoms with van der Waals surface area (Å²) in [7, 11) is 0. The monoisotopic (exact) mass is 745 g/mol. The van der Waals surface area contributed by atoms with E-state index >= 15 is 4.79 Å². The summed E-state index contributed by atoms with van der Waals surface area (Å²) in [5.41, 5.74) is 6.03. The van der Waals surface area contributed by atoms with Crippen molar-refractivity contribution in [2.24, 2.45) is 23.7 Å². The van der Waals surface area contributed by atoms with Crippen molar-refractivity contribution in [1.82, 2.24) is 5.01 Å². The van der Waals surface area contributed by atoms with Gasteiger partial charge in [-0.05, 0) is 73.7 Å². The Hall–Kier alpha value is -5.06. The van der Waals surface area contributed by atoms with Gasteiger partial charge in [0.1, 0.15) is 12.4 Å². The van der Waals surface area contributed by atoms with Gasteiger partial charge >= 0.3 is 0 Å². The third-order valence-electron chi connectivity index (χ3n) is 11.1. The van der Waals surface area contributed by atoms with E-state index in [2.05, 4.69) is 21.4 Å². The van der Waals surface area contributed by atoms with Gasteiger partial charge in [-0.15, -0.1) is 0 Å². The lowest BCUT2D eigenvalue weighted by Crippen LogP contribution is -2.53. The number of ether oxygens (including phenoxy) is 1. The molecule has 4 aliphatic rings. The predicted octanol–water partition coefficient (Wildman–Crippen LogP) is 6.32. The molecule has 4 amide bonds. The van der Waals surface area contributed by atoms with E-state index in [-0.39, 0.29) is 31.4 Å². The van der Waals surface area contributed by atoms with Crippen LogP contribution in [-0.2, 0) is 24.6 Å². The maximum atomic E-state index is 15.3. The number of benzene rings is 4. The standard InChI is InChI=1S/C41H36BrN3O6/c1-24-11-15-27(16-12-24)43-45-38(48)33-23-32-29(19-20-31-35(32)39(49)44(37(31)47)28-17-13-26(42)14-18-28)36(30-9-5-6-10-34(30)51-22-21-46)41(33,40(45)50)25-7-3-2-4-8-25/h2-19,31-33,35-36,43,46H,20-23H2,1H3. The SMILES string of the molecule is Cc1ccc(NN2C(=O)C3CC4C(=CCC5C(=O)N(c6ccc(Br)cc6)C(=O)C54)C(c4ccccc4OCCO)C3(c3ccccc3)C2=O)cc1. The number of para-hydroxylation sites is 1. The lowest BCUT2D eigenvalue weighted by atomic mass is 9.49. The third kappa shape index (κ3) is 5.14. The molecule has 9 nitrogen and oxygen atoms in total. The van der Waals surface area contributed by atoms with Gasteiger partial charge in [-0.25, -0.2) is 0 Å². The fraction of sp³-hybridized carbons (Fsp3) is 0.268. The number of carbonyl (C=O) groups is 4. The number of amides is 4. The molecule has 2 heterocycles. The fourth-order valence-electron chi connectivity index (χ4n) is 8.94. The average Bonchev–Trinajstić information content (AvgIpc) is 3.53. The Balaban J connectivity index is 1.32. The van der Waals surface area contributed by atoms with Gasteiger partial charge in [-0.1, -0.05) is 93.8 Å². The molecule has 10 heteroatoms. The Morgan fingerprint density at radius 1 is 0.843 bits per heavy atom. The lowest BCUT2D eigenvalue weighted by Gasteiger charge is -2.50. The van der Waals surface area contributed by atoms with Crippen LogP contribution in [0.3, 0.4) is 0 Å². The Kier molecular flexibility index (Phi) is 8.39. The third-order valence-corrected chi connectivity index (χ3v) is 11.6. The highest BCUT2D eigenvalue weighted by atomic mass is 79.9. The number of hydrazine groups is 1. The number of aliphatic hydroxyl groups is 1. The van der Waals surface area contributed by atoms with E-state index in [1.807, 2.05) is 85.8 Å². The summed E-state index contributed by atoms with van der Waals surface area (Å²) in [4.78, 5) is 60.0. The highest BCUT2D eigenvalue weighted by molar-refractivity contribution is 9.10. The second-order valence-corrected chi connectivity index (χ2v) is 14.6. The van der Waals surface area contributed by atoms with Crippen LogP contribution in [0.4, 0.5) is 11.4 Å². The number of nitrogens with one attached hydrogen (secondary N) is 1. The van der Waals surface area contributed by atoms with E-state index < -0.39 is 46.8 Å². The number of hydrogen-bond acceptors (Lipinski definition) is 7. The van der Waals surface area contributed by atoms with E-state index in [0.717, 1.165) is 20.6 Å². The maximum Gasteiger partial charge on any atom is 0.260 e. The number of carbonyl (C=O) groups excluding carboxylic acids is 4. The molecule has 51 heavy (non-hydrogen) atoms. The Labute approximate surface area is 304 Å². The molecular weight excluding hydrogens is 710 g/mol. The average molecular weight is 747 g/mol. The lowest BCUT2D eigenvalue weighted by molar-refractivity contribution is -0.138. The summed E-state index contributed by atoms with van der Waals surface area (Å²) in [6.07, 6.45) is 2.54. The molecule has 0 radical (unpaired) electrons. The molecule has 4 aromatic carbocycles. The molecular formula is C41H36BrN3O6. The quantitative estimate of drug-likeness (QED) is 0.160. The second-order valence-electron chi connectivity index (χ2n) is 13.7. The van der Waals surface area contributed by atoms with Crippen molar-refractivity contribution < 1.29 is 29.0 Å². The van der Waals surface area contributed by atoms with Crippen LogP contribution in [0.15, 0.2) is 119 Å². The molecule has 2 N–H and O–H groups in total. The van der Waals surface area contributed by atoms with Crippen molar-refractivity contribution in [3.63, 3.8) is 0 Å². The van der Waals surface area contributed by atoms with Gasteiger partial charge in [0.05, 0.1) is 41.2 Å². The molecule has 3 fully saturated rings. The zero-order valence-corrected chi connectivity index (χ0v) is 29.5. The van der Waals surface area contributed by atoms with Crippen molar-refractivity contribution in [2.45, 2.75) is 31.1 Å². The number of fused-ring (bicyclic) bond motifs is 4. The first kappa shape index (κ1) is 33.1. The first-order valence-electron chi connectivity index (χ1n) is 17.2. The summed E-state index contributed by atoms with van der Waals surface area (Å²) in [6.45, 7) is 1.78. The zero-order valence-electron chi connectivity index (χ0n) is 27.9. The smallest absolute Gasteiger partial charge is 0.260 e. The van der Waals surface area contributed by atoms with Crippen LogP contribution in [-0.4, -0.2) is 47.0 Å². The molecule has 0 bridgehead atoms. The highest BCUT2D eigenvalue weighted by Gasteiger charge is 2.70. The number of anilines is 2. The zero-order chi connectivity index (χ0) is 35.4. The number of imide groups is 2. The molecule has 2 aliphatic carbocycles. The number of nitrogens with zero attached hydrogens (tertiary/aromatic N) is 2. The highest BCUT2D eigenvalue weighted by Crippen LogP contribution is 2.65. The minimum atomic E-state index is -1.42. The van der Waals surface area contributed by atoms with Gasteiger partial charge in [0, 0.05) is 16.0 Å². The summed E-state index contributed by atoms with van der Waals surface area (Å²) in [6, 6.07) is 31.4. The molecule has 1 saturated carbocycles. The summed E-state index contributed by atoms with van der Waals surface area (Å²) in [5.74, 6) is -4.33. The molecule has 0 aromatic heterocycles. The Morgan fingerprint density at radius 2 is 1.55 bits per heavy atom. The first-order valence-corrected chi connectivity index (χ1v) is 18.0. The van der Waals surface area contributed by atoms with Crippen LogP contribution in [0.5, 0.6) is 5.75 Å². The molecule has 0 spiro atoms. The Bertz CT molecular complexity index is 2070. The number of halogens is 1. The first-order chi connectivity index (χ1) is 24.7. The fourth-order valence-corrected chi connectivity index (χ4v) is 9.21. The van der Waals surface area contributed by atoms with Gasteiger partial charge < -0.3 is 9.84 Å². The van der Waals surface area contributed by atoms with Crippen molar-refractivity contribution in [3.8, 4) is 5.75 Å². The number of rotatable bonds is 8. The van der Waals surface area contributed by atoms with Gasteiger partial charge in [-0.2, -0.15) is 5.01 Å². The van der Waals surface area contributed by atoms with Crippen molar-refractivity contribution in [2.75, 3.05) is 23.5 Å². The van der Waals surface area contributed by atoms with E-state index in [9.17, 15) is 19.5 Å². The van der Waals surface area contributed by atoms with Crippen LogP contribution in [0.25, 0.3) is 0 Å². The summed E-state index contributed by atoms with van der Waals surface area (Å²) in [5, 5.41) is 10.9. The van der Waals surface area contributed by atoms with E-state index in [0.29, 0.717) is 34.7 Å². The van der Waals surface area contributed by atoms with Crippen molar-refractivity contribution >= 4 is 50.9 Å². The molecule has 6 unspecified atom stereocenters. The Morgan fingerprint density at radius 3 is 2.27 bits per heavy atom. The van der Waals surface area contributed by atoms with Crippen molar-refractivity contribution in [1.29, 1.82) is 0 Å². The van der Waals surface area contributed by atoms with E-state index in [1.54, 1.807) is 30.3 Å². The van der Waals surface area contributed by atoms with Gasteiger partial charge in [0.2, 0.25) is 11.8 Å². The van der Waals surface area contributed by atoms with E-state index in [1.165, 1.54) is 4.90 Å².